The molecule has 0 aromatic heterocycles. The molecule has 0 saturated heterocycles. The quantitative estimate of drug-likeness (QED) is 0.734. The van der Waals surface area contributed by atoms with E-state index in [4.69, 9.17) is 5.73 Å². The Bertz CT molecular complexity index is 371. The Morgan fingerprint density at radius 1 is 1.47 bits per heavy atom. The van der Waals surface area contributed by atoms with E-state index in [0.717, 1.165) is 6.54 Å². The van der Waals surface area contributed by atoms with Gasteiger partial charge in [0.05, 0.1) is 11.4 Å². The SMILES string of the molecule is CN1CC(C)(C)Nc2cc(CN)ccc21. The van der Waals surface area contributed by atoms with Crippen molar-refractivity contribution in [1.82, 2.24) is 0 Å². The topological polar surface area (TPSA) is 41.3 Å². The predicted molar refractivity (Wildman–Crippen MR) is 65.3 cm³/mol. The minimum Gasteiger partial charge on any atom is -0.377 e. The van der Waals surface area contributed by atoms with Gasteiger partial charge in [-0.05, 0) is 31.5 Å². The zero-order valence-corrected chi connectivity index (χ0v) is 9.67. The van der Waals surface area contributed by atoms with Crippen molar-refractivity contribution in [3.05, 3.63) is 23.8 Å². The van der Waals surface area contributed by atoms with E-state index in [9.17, 15) is 0 Å². The fraction of sp³-hybridized carbons (Fsp3) is 0.500. The van der Waals surface area contributed by atoms with Gasteiger partial charge in [0.15, 0.2) is 0 Å². The van der Waals surface area contributed by atoms with Crippen molar-refractivity contribution in [2.45, 2.75) is 25.9 Å². The van der Waals surface area contributed by atoms with E-state index in [1.54, 1.807) is 0 Å². The van der Waals surface area contributed by atoms with Crippen LogP contribution in [0, 0.1) is 0 Å². The number of fused-ring (bicyclic) bond motifs is 1. The van der Waals surface area contributed by atoms with E-state index in [2.05, 4.69) is 49.3 Å². The number of nitrogens with one attached hydrogen (secondary N) is 1. The highest BCUT2D eigenvalue weighted by molar-refractivity contribution is 5.74. The number of anilines is 2. The van der Waals surface area contributed by atoms with Gasteiger partial charge in [0.1, 0.15) is 0 Å². The van der Waals surface area contributed by atoms with Gasteiger partial charge in [0.25, 0.3) is 0 Å². The van der Waals surface area contributed by atoms with Crippen molar-refractivity contribution in [2.75, 3.05) is 23.8 Å². The lowest BCUT2D eigenvalue weighted by molar-refractivity contribution is 0.550. The van der Waals surface area contributed by atoms with Gasteiger partial charge in [-0.2, -0.15) is 0 Å². The highest BCUT2D eigenvalue weighted by atomic mass is 15.2. The molecule has 0 bridgehead atoms. The standard InChI is InChI=1S/C12H19N3/c1-12(2)8-15(3)11-5-4-9(7-13)6-10(11)14-12/h4-6,14H,7-8,13H2,1-3H3. The summed E-state index contributed by atoms with van der Waals surface area (Å²) < 4.78 is 0. The monoisotopic (exact) mass is 205 g/mol. The number of benzene rings is 1. The lowest BCUT2D eigenvalue weighted by Crippen LogP contribution is -2.46. The van der Waals surface area contributed by atoms with Gasteiger partial charge in [0.2, 0.25) is 0 Å². The summed E-state index contributed by atoms with van der Waals surface area (Å²) in [6.45, 7) is 6.03. The number of hydrogen-bond donors (Lipinski definition) is 2. The second-order valence-corrected chi connectivity index (χ2v) is 4.92. The third kappa shape index (κ3) is 1.92. The molecule has 3 nitrogen and oxygen atoms in total. The third-order valence-electron chi connectivity index (χ3n) is 2.81. The normalized spacial score (nSPS) is 18.3. The second-order valence-electron chi connectivity index (χ2n) is 4.92. The van der Waals surface area contributed by atoms with Crippen LogP contribution in [0.2, 0.25) is 0 Å². The van der Waals surface area contributed by atoms with Crippen LogP contribution in [0.25, 0.3) is 0 Å². The van der Waals surface area contributed by atoms with E-state index in [-0.39, 0.29) is 5.54 Å². The summed E-state index contributed by atoms with van der Waals surface area (Å²) >= 11 is 0. The van der Waals surface area contributed by atoms with Gasteiger partial charge in [-0.3, -0.25) is 0 Å². The lowest BCUT2D eigenvalue weighted by atomic mass is 9.99. The summed E-state index contributed by atoms with van der Waals surface area (Å²) in [5.74, 6) is 0. The van der Waals surface area contributed by atoms with E-state index >= 15 is 0 Å². The molecule has 0 saturated carbocycles. The first-order valence-electron chi connectivity index (χ1n) is 5.34. The summed E-state index contributed by atoms with van der Waals surface area (Å²) in [6.07, 6.45) is 0. The summed E-state index contributed by atoms with van der Waals surface area (Å²) in [6, 6.07) is 6.38. The Labute approximate surface area is 91.3 Å². The van der Waals surface area contributed by atoms with Crippen LogP contribution >= 0.6 is 0 Å². The fourth-order valence-electron chi connectivity index (χ4n) is 2.23. The van der Waals surface area contributed by atoms with Crippen LogP contribution in [-0.2, 0) is 6.54 Å². The third-order valence-corrected chi connectivity index (χ3v) is 2.81. The number of likely N-dealkylation sites (N-methyl/N-ethyl adjacent to an activating group) is 1. The molecule has 0 radical (unpaired) electrons. The van der Waals surface area contributed by atoms with E-state index < -0.39 is 0 Å². The average molecular weight is 205 g/mol. The molecule has 1 aliphatic heterocycles. The average Bonchev–Trinajstić information content (AvgIpc) is 2.14. The number of hydrogen-bond acceptors (Lipinski definition) is 3. The molecule has 15 heavy (non-hydrogen) atoms. The zero-order valence-electron chi connectivity index (χ0n) is 9.67. The van der Waals surface area contributed by atoms with Gasteiger partial charge in [-0.1, -0.05) is 6.07 Å². The molecule has 1 aromatic carbocycles. The van der Waals surface area contributed by atoms with Crippen molar-refractivity contribution in [1.29, 1.82) is 0 Å². The molecule has 0 atom stereocenters. The molecule has 2 rings (SSSR count). The highest BCUT2D eigenvalue weighted by Crippen LogP contribution is 2.33. The molecule has 0 unspecified atom stereocenters. The zero-order chi connectivity index (χ0) is 11.1. The van der Waals surface area contributed by atoms with E-state index in [0.29, 0.717) is 6.54 Å². The first-order chi connectivity index (χ1) is 7.02. The van der Waals surface area contributed by atoms with Crippen LogP contribution in [0.5, 0.6) is 0 Å². The predicted octanol–water partition coefficient (Wildman–Crippen LogP) is 1.79. The maximum Gasteiger partial charge on any atom is 0.0600 e. The highest BCUT2D eigenvalue weighted by Gasteiger charge is 2.27. The molecule has 82 valence electrons. The molecule has 0 aliphatic carbocycles. The van der Waals surface area contributed by atoms with Crippen LogP contribution in [0.4, 0.5) is 11.4 Å². The van der Waals surface area contributed by atoms with Crippen molar-refractivity contribution >= 4 is 11.4 Å². The maximum absolute atomic E-state index is 5.64. The van der Waals surface area contributed by atoms with Crippen LogP contribution in [0.3, 0.4) is 0 Å². The molecule has 0 amide bonds. The first-order valence-corrected chi connectivity index (χ1v) is 5.34. The Hall–Kier alpha value is -1.22. The van der Waals surface area contributed by atoms with Crippen LogP contribution in [0.1, 0.15) is 19.4 Å². The molecular weight excluding hydrogens is 186 g/mol. The molecule has 3 N–H and O–H groups in total. The summed E-state index contributed by atoms with van der Waals surface area (Å²) in [5.41, 5.74) is 9.38. The van der Waals surface area contributed by atoms with E-state index in [1.165, 1.54) is 16.9 Å². The number of rotatable bonds is 1. The van der Waals surface area contributed by atoms with E-state index in [1.807, 2.05) is 0 Å². The Balaban J connectivity index is 2.42. The maximum atomic E-state index is 5.64. The Kier molecular flexibility index (Phi) is 2.35. The first kappa shape index (κ1) is 10.3. The van der Waals surface area contributed by atoms with Crippen molar-refractivity contribution in [2.24, 2.45) is 5.73 Å². The van der Waals surface area contributed by atoms with Gasteiger partial charge in [-0.25, -0.2) is 0 Å². The largest absolute Gasteiger partial charge is 0.377 e. The molecule has 1 heterocycles. The van der Waals surface area contributed by atoms with Gasteiger partial charge >= 0.3 is 0 Å². The number of nitrogens with two attached hydrogens (primary N) is 1. The smallest absolute Gasteiger partial charge is 0.0600 e. The minimum absolute atomic E-state index is 0.120. The fourth-order valence-corrected chi connectivity index (χ4v) is 2.23. The number of nitrogens with zero attached hydrogens (tertiary/aromatic N) is 1. The molecule has 1 aromatic rings. The molecule has 3 heteroatoms. The van der Waals surface area contributed by atoms with Gasteiger partial charge in [0, 0.05) is 25.7 Å². The Morgan fingerprint density at radius 3 is 2.87 bits per heavy atom. The Morgan fingerprint density at radius 2 is 2.20 bits per heavy atom. The molecule has 0 spiro atoms. The van der Waals surface area contributed by atoms with Crippen LogP contribution in [-0.4, -0.2) is 19.1 Å². The minimum atomic E-state index is 0.120. The molecule has 1 aliphatic rings. The summed E-state index contributed by atoms with van der Waals surface area (Å²) in [4.78, 5) is 2.28. The van der Waals surface area contributed by atoms with Crippen LogP contribution < -0.4 is 16.0 Å². The summed E-state index contributed by atoms with van der Waals surface area (Å²) in [7, 11) is 2.13. The van der Waals surface area contributed by atoms with Crippen molar-refractivity contribution < 1.29 is 0 Å². The molecule has 0 fully saturated rings. The van der Waals surface area contributed by atoms with Crippen LogP contribution in [0.15, 0.2) is 18.2 Å². The second kappa shape index (κ2) is 3.42. The van der Waals surface area contributed by atoms with Gasteiger partial charge < -0.3 is 16.0 Å². The van der Waals surface area contributed by atoms with Gasteiger partial charge in [-0.15, -0.1) is 0 Å². The lowest BCUT2D eigenvalue weighted by Gasteiger charge is -2.40. The molecular formula is C12H19N3. The van der Waals surface area contributed by atoms with Crippen molar-refractivity contribution in [3.63, 3.8) is 0 Å². The van der Waals surface area contributed by atoms with Crippen molar-refractivity contribution in [3.8, 4) is 0 Å². The summed E-state index contributed by atoms with van der Waals surface area (Å²) in [5, 5.41) is 3.54.